The van der Waals surface area contributed by atoms with E-state index in [2.05, 4.69) is 22.0 Å². The molecule has 0 aromatic rings. The first-order valence-corrected chi connectivity index (χ1v) is 8.29. The van der Waals surface area contributed by atoms with Gasteiger partial charge in [0.15, 0.2) is 0 Å². The van der Waals surface area contributed by atoms with Crippen LogP contribution in [0.3, 0.4) is 0 Å². The molecule has 2 heterocycles. The van der Waals surface area contributed by atoms with Crippen LogP contribution in [0.25, 0.3) is 0 Å². The molecule has 2 saturated heterocycles. The van der Waals surface area contributed by atoms with E-state index in [0.29, 0.717) is 5.91 Å². The molecule has 1 aliphatic carbocycles. The maximum atomic E-state index is 12.4. The van der Waals surface area contributed by atoms with Gasteiger partial charge in [0, 0.05) is 37.7 Å². The van der Waals surface area contributed by atoms with Crippen LogP contribution in [0.15, 0.2) is 0 Å². The van der Waals surface area contributed by atoms with E-state index in [1.165, 1.54) is 24.6 Å². The molecule has 1 atom stereocenters. The zero-order valence-corrected chi connectivity index (χ0v) is 12.0. The fourth-order valence-corrected chi connectivity index (χ4v) is 3.99. The van der Waals surface area contributed by atoms with Crippen molar-refractivity contribution in [1.82, 2.24) is 15.1 Å². The van der Waals surface area contributed by atoms with Gasteiger partial charge in [0.25, 0.3) is 0 Å². The molecule has 3 aliphatic rings. The van der Waals surface area contributed by atoms with Gasteiger partial charge in [0.05, 0.1) is 11.7 Å². The molecule has 0 bridgehead atoms. The maximum Gasteiger partial charge on any atom is 0.244 e. The molecule has 3 rings (SSSR count). The molecule has 1 N–H and O–H groups in total. The summed E-state index contributed by atoms with van der Waals surface area (Å²) in [6.45, 7) is 6.47. The number of carbonyl (C=O) groups is 1. The summed E-state index contributed by atoms with van der Waals surface area (Å²) < 4.78 is 0. The molecule has 1 unspecified atom stereocenters. The highest BCUT2D eigenvalue weighted by atomic mass is 32.2. The van der Waals surface area contributed by atoms with E-state index >= 15 is 0 Å². The Morgan fingerprint density at radius 3 is 2.67 bits per heavy atom. The first-order chi connectivity index (χ1) is 8.75. The Kier molecular flexibility index (Phi) is 3.56. The quantitative estimate of drug-likeness (QED) is 0.816. The van der Waals surface area contributed by atoms with Crippen LogP contribution in [-0.4, -0.2) is 65.1 Å². The molecule has 0 aromatic heterocycles. The van der Waals surface area contributed by atoms with E-state index in [-0.39, 0.29) is 11.7 Å². The third-order valence-corrected chi connectivity index (χ3v) is 5.33. The standard InChI is InChI=1S/C13H23N3OS/c1-2-11-14-13(3-4-13)12(17)16(11)6-5-15-7-9-18-10-8-15/h11,14H,2-10H2,1H3. The first kappa shape index (κ1) is 12.8. The highest BCUT2D eigenvalue weighted by molar-refractivity contribution is 7.99. The first-order valence-electron chi connectivity index (χ1n) is 7.14. The molecule has 1 spiro atoms. The van der Waals surface area contributed by atoms with Crippen molar-refractivity contribution in [2.24, 2.45) is 0 Å². The number of carbonyl (C=O) groups excluding carboxylic acids is 1. The van der Waals surface area contributed by atoms with Crippen molar-refractivity contribution in [3.05, 3.63) is 0 Å². The zero-order valence-electron chi connectivity index (χ0n) is 11.2. The van der Waals surface area contributed by atoms with E-state index in [4.69, 9.17) is 0 Å². The van der Waals surface area contributed by atoms with E-state index in [1.807, 2.05) is 11.8 Å². The highest BCUT2D eigenvalue weighted by Crippen LogP contribution is 2.42. The van der Waals surface area contributed by atoms with Crippen LogP contribution in [0.2, 0.25) is 0 Å². The Labute approximate surface area is 113 Å². The summed E-state index contributed by atoms with van der Waals surface area (Å²) in [5.41, 5.74) is -0.140. The summed E-state index contributed by atoms with van der Waals surface area (Å²) in [7, 11) is 0. The molecule has 0 radical (unpaired) electrons. The normalized spacial score (nSPS) is 31.3. The van der Waals surface area contributed by atoms with E-state index in [1.54, 1.807) is 0 Å². The third-order valence-electron chi connectivity index (χ3n) is 4.39. The van der Waals surface area contributed by atoms with Gasteiger partial charge in [-0.2, -0.15) is 11.8 Å². The predicted octanol–water partition coefficient (Wildman–Crippen LogP) is 0.736. The number of thioether (sulfide) groups is 1. The van der Waals surface area contributed by atoms with Crippen LogP contribution in [0.5, 0.6) is 0 Å². The fraction of sp³-hybridized carbons (Fsp3) is 0.923. The second-order valence-corrected chi connectivity index (χ2v) is 6.83. The van der Waals surface area contributed by atoms with Gasteiger partial charge in [-0.05, 0) is 19.3 Å². The monoisotopic (exact) mass is 269 g/mol. The number of nitrogens with one attached hydrogen (secondary N) is 1. The average Bonchev–Trinajstić information content (AvgIpc) is 3.13. The minimum atomic E-state index is -0.140. The van der Waals surface area contributed by atoms with Gasteiger partial charge in [0.2, 0.25) is 5.91 Å². The van der Waals surface area contributed by atoms with E-state index in [9.17, 15) is 4.79 Å². The number of amides is 1. The van der Waals surface area contributed by atoms with Crippen molar-refractivity contribution in [2.75, 3.05) is 37.7 Å². The molecule has 2 aliphatic heterocycles. The molecule has 102 valence electrons. The summed E-state index contributed by atoms with van der Waals surface area (Å²) in [4.78, 5) is 17.0. The molecule has 1 saturated carbocycles. The van der Waals surface area contributed by atoms with E-state index in [0.717, 1.165) is 32.4 Å². The second-order valence-electron chi connectivity index (χ2n) is 5.60. The summed E-state index contributed by atoms with van der Waals surface area (Å²) in [5.74, 6) is 2.85. The number of hydrogen-bond donors (Lipinski definition) is 1. The summed E-state index contributed by atoms with van der Waals surface area (Å²) >= 11 is 2.04. The second kappa shape index (κ2) is 5.02. The molecule has 5 heteroatoms. The van der Waals surface area contributed by atoms with Crippen molar-refractivity contribution in [3.63, 3.8) is 0 Å². The van der Waals surface area contributed by atoms with Gasteiger partial charge >= 0.3 is 0 Å². The lowest BCUT2D eigenvalue weighted by Gasteiger charge is -2.30. The van der Waals surface area contributed by atoms with Crippen molar-refractivity contribution in [1.29, 1.82) is 0 Å². The van der Waals surface area contributed by atoms with Gasteiger partial charge in [-0.1, -0.05) is 6.92 Å². The average molecular weight is 269 g/mol. The topological polar surface area (TPSA) is 35.6 Å². The van der Waals surface area contributed by atoms with Crippen LogP contribution in [0.4, 0.5) is 0 Å². The summed E-state index contributed by atoms with van der Waals surface area (Å²) in [6, 6.07) is 0. The summed E-state index contributed by atoms with van der Waals surface area (Å²) in [5, 5.41) is 3.53. The molecular formula is C13H23N3OS. The van der Waals surface area contributed by atoms with Crippen LogP contribution in [-0.2, 0) is 4.79 Å². The van der Waals surface area contributed by atoms with Gasteiger partial charge in [-0.25, -0.2) is 0 Å². The van der Waals surface area contributed by atoms with Gasteiger partial charge in [0.1, 0.15) is 0 Å². The molecule has 4 nitrogen and oxygen atoms in total. The Morgan fingerprint density at radius 2 is 2.06 bits per heavy atom. The minimum Gasteiger partial charge on any atom is -0.324 e. The SMILES string of the molecule is CCC1NC2(CC2)C(=O)N1CCN1CCSCC1. The maximum absolute atomic E-state index is 12.4. The highest BCUT2D eigenvalue weighted by Gasteiger charge is 2.58. The predicted molar refractivity (Wildman–Crippen MR) is 74.7 cm³/mol. The van der Waals surface area contributed by atoms with Crippen LogP contribution in [0, 0.1) is 0 Å². The lowest BCUT2D eigenvalue weighted by molar-refractivity contribution is -0.131. The largest absolute Gasteiger partial charge is 0.324 e. The van der Waals surface area contributed by atoms with Gasteiger partial charge < -0.3 is 4.90 Å². The molecule has 0 aromatic carbocycles. The molecule has 1 amide bonds. The summed E-state index contributed by atoms with van der Waals surface area (Å²) in [6.07, 6.45) is 3.38. The molecule has 3 fully saturated rings. The van der Waals surface area contributed by atoms with Crippen LogP contribution >= 0.6 is 11.8 Å². The van der Waals surface area contributed by atoms with E-state index < -0.39 is 0 Å². The Morgan fingerprint density at radius 1 is 1.33 bits per heavy atom. The van der Waals surface area contributed by atoms with Crippen molar-refractivity contribution in [2.45, 2.75) is 37.9 Å². The van der Waals surface area contributed by atoms with Crippen molar-refractivity contribution >= 4 is 17.7 Å². The van der Waals surface area contributed by atoms with Crippen molar-refractivity contribution in [3.8, 4) is 0 Å². The Bertz CT molecular complexity index is 326. The third kappa shape index (κ3) is 2.28. The Balaban J connectivity index is 1.55. The smallest absolute Gasteiger partial charge is 0.244 e. The Hall–Kier alpha value is -0.260. The lowest BCUT2D eigenvalue weighted by Crippen LogP contribution is -2.44. The number of rotatable bonds is 4. The van der Waals surface area contributed by atoms with Gasteiger partial charge in [-0.3, -0.25) is 15.0 Å². The lowest BCUT2D eigenvalue weighted by atomic mass is 10.3. The number of nitrogens with zero attached hydrogens (tertiary/aromatic N) is 2. The van der Waals surface area contributed by atoms with Crippen molar-refractivity contribution < 1.29 is 4.79 Å². The molecule has 18 heavy (non-hydrogen) atoms. The minimum absolute atomic E-state index is 0.140. The number of hydrogen-bond acceptors (Lipinski definition) is 4. The van der Waals surface area contributed by atoms with Gasteiger partial charge in [-0.15, -0.1) is 0 Å². The van der Waals surface area contributed by atoms with Crippen LogP contribution < -0.4 is 5.32 Å². The molecular weight excluding hydrogens is 246 g/mol. The van der Waals surface area contributed by atoms with Crippen LogP contribution in [0.1, 0.15) is 26.2 Å². The fourth-order valence-electron chi connectivity index (χ4n) is 3.01. The zero-order chi connectivity index (χ0) is 12.6.